The Hall–Kier alpha value is -2.53. The third-order valence-electron chi connectivity index (χ3n) is 4.16. The molecule has 0 saturated carbocycles. The summed E-state index contributed by atoms with van der Waals surface area (Å²) in [5.41, 5.74) is 4.47. The highest BCUT2D eigenvalue weighted by atomic mass is 16.2. The van der Waals surface area contributed by atoms with E-state index in [9.17, 15) is 9.59 Å². The van der Waals surface area contributed by atoms with E-state index >= 15 is 0 Å². The van der Waals surface area contributed by atoms with E-state index in [1.165, 1.54) is 4.90 Å². The van der Waals surface area contributed by atoms with Crippen LogP contribution in [0.1, 0.15) is 32.1 Å². The van der Waals surface area contributed by atoms with Crippen molar-refractivity contribution >= 4 is 18.0 Å². The van der Waals surface area contributed by atoms with Crippen LogP contribution in [-0.2, 0) is 9.59 Å². The van der Waals surface area contributed by atoms with Crippen LogP contribution in [0.2, 0.25) is 0 Å². The van der Waals surface area contributed by atoms with Gasteiger partial charge in [-0.15, -0.1) is 0 Å². The number of rotatable bonds is 8. The van der Waals surface area contributed by atoms with Gasteiger partial charge in [-0.05, 0) is 32.1 Å². The number of nitrogens with two attached hydrogens (primary N) is 1. The lowest BCUT2D eigenvalue weighted by molar-refractivity contribution is -0.140. The van der Waals surface area contributed by atoms with Crippen molar-refractivity contribution in [2.45, 2.75) is 43.7 Å². The Kier molecular flexibility index (Phi) is 6.21. The summed E-state index contributed by atoms with van der Waals surface area (Å²) >= 11 is 0. The molecule has 0 radical (unpaired) electrons. The summed E-state index contributed by atoms with van der Waals surface area (Å²) in [5.74, 6) is 0.236. The van der Waals surface area contributed by atoms with Crippen LogP contribution >= 0.6 is 0 Å². The summed E-state index contributed by atoms with van der Waals surface area (Å²) in [6, 6.07) is 1.62. The number of amides is 1. The zero-order valence-corrected chi connectivity index (χ0v) is 13.5. The molecule has 2 heterocycles. The fraction of sp³-hybridized carbons (Fsp3) is 0.562. The third-order valence-corrected chi connectivity index (χ3v) is 4.16. The largest absolute Gasteiger partial charge is 0.369 e. The van der Waals surface area contributed by atoms with Crippen molar-refractivity contribution in [1.29, 1.82) is 5.26 Å². The predicted octanol–water partition coefficient (Wildman–Crippen LogP) is 0.470. The van der Waals surface area contributed by atoms with Crippen LogP contribution in [0.15, 0.2) is 18.6 Å². The van der Waals surface area contributed by atoms with Crippen molar-refractivity contribution in [2.24, 2.45) is 5.73 Å². The number of carbonyl (C=O) groups excluding carboxylic acids is 2. The van der Waals surface area contributed by atoms with Gasteiger partial charge in [-0.1, -0.05) is 0 Å². The number of anilines is 1. The summed E-state index contributed by atoms with van der Waals surface area (Å²) in [4.78, 5) is 33.4. The average Bonchev–Trinajstić information content (AvgIpc) is 3.10. The van der Waals surface area contributed by atoms with Crippen LogP contribution in [0.5, 0.6) is 0 Å². The molecule has 1 amide bonds. The Morgan fingerprint density at radius 2 is 2.38 bits per heavy atom. The number of nitriles is 1. The number of hydrogen-bond donors (Lipinski definition) is 2. The van der Waals surface area contributed by atoms with Gasteiger partial charge < -0.3 is 20.7 Å². The van der Waals surface area contributed by atoms with Crippen molar-refractivity contribution in [1.82, 2.24) is 14.9 Å². The molecule has 1 aliphatic rings. The number of aldehydes is 1. The van der Waals surface area contributed by atoms with Gasteiger partial charge in [0.2, 0.25) is 0 Å². The van der Waals surface area contributed by atoms with Gasteiger partial charge in [0.25, 0.3) is 5.91 Å². The standard InChI is InChI=1S/C16H22N6O2/c17-10-13-4-3-9-22(13)15(24)16(18,12-23)5-1-2-6-20-14-11-19-7-8-21-14/h7-8,11-13H,1-6,9,18H2,(H,20,21)/t13-,16+/m0/s1. The van der Waals surface area contributed by atoms with Gasteiger partial charge in [-0.25, -0.2) is 4.98 Å². The predicted molar refractivity (Wildman–Crippen MR) is 87.7 cm³/mol. The molecule has 0 aliphatic carbocycles. The molecule has 2 atom stereocenters. The van der Waals surface area contributed by atoms with Crippen LogP contribution < -0.4 is 11.1 Å². The molecule has 0 spiro atoms. The normalized spacial score (nSPS) is 19.3. The molecule has 2 rings (SSSR count). The first-order valence-corrected chi connectivity index (χ1v) is 8.06. The van der Waals surface area contributed by atoms with Gasteiger partial charge in [0.15, 0.2) is 5.54 Å². The molecule has 3 N–H and O–H groups in total. The van der Waals surface area contributed by atoms with Gasteiger partial charge in [0, 0.05) is 25.5 Å². The lowest BCUT2D eigenvalue weighted by atomic mass is 9.93. The molecule has 0 bridgehead atoms. The zero-order valence-electron chi connectivity index (χ0n) is 13.5. The maximum atomic E-state index is 12.5. The lowest BCUT2D eigenvalue weighted by Gasteiger charge is -2.29. The first-order valence-electron chi connectivity index (χ1n) is 8.06. The molecule has 128 valence electrons. The lowest BCUT2D eigenvalue weighted by Crippen LogP contribution is -2.57. The zero-order chi connectivity index (χ0) is 17.4. The smallest absolute Gasteiger partial charge is 0.251 e. The number of unbranched alkanes of at least 4 members (excludes halogenated alkanes) is 1. The van der Waals surface area contributed by atoms with Crippen LogP contribution in [-0.4, -0.2) is 51.7 Å². The van der Waals surface area contributed by atoms with Crippen molar-refractivity contribution in [3.8, 4) is 6.07 Å². The quantitative estimate of drug-likeness (QED) is 0.403. The van der Waals surface area contributed by atoms with E-state index < -0.39 is 17.5 Å². The molecule has 24 heavy (non-hydrogen) atoms. The topological polar surface area (TPSA) is 125 Å². The number of nitrogens with one attached hydrogen (secondary N) is 1. The Balaban J connectivity index is 1.81. The second kappa shape index (κ2) is 8.36. The van der Waals surface area contributed by atoms with E-state index in [1.807, 2.05) is 0 Å². The van der Waals surface area contributed by atoms with E-state index in [4.69, 9.17) is 11.0 Å². The summed E-state index contributed by atoms with van der Waals surface area (Å²) in [7, 11) is 0. The Morgan fingerprint density at radius 1 is 1.54 bits per heavy atom. The third kappa shape index (κ3) is 4.26. The van der Waals surface area contributed by atoms with E-state index in [1.54, 1.807) is 18.6 Å². The maximum Gasteiger partial charge on any atom is 0.251 e. The highest BCUT2D eigenvalue weighted by Crippen LogP contribution is 2.22. The molecule has 0 unspecified atom stereocenters. The number of carbonyl (C=O) groups is 2. The average molecular weight is 330 g/mol. The van der Waals surface area contributed by atoms with Crippen molar-refractivity contribution in [2.75, 3.05) is 18.4 Å². The van der Waals surface area contributed by atoms with E-state index in [2.05, 4.69) is 21.4 Å². The number of aromatic nitrogens is 2. The Bertz CT molecular complexity index is 602. The number of hydrogen-bond acceptors (Lipinski definition) is 7. The first-order chi connectivity index (χ1) is 11.6. The second-order valence-electron chi connectivity index (χ2n) is 5.92. The minimum absolute atomic E-state index is 0.256. The van der Waals surface area contributed by atoms with E-state index in [0.29, 0.717) is 38.0 Å². The fourth-order valence-corrected chi connectivity index (χ4v) is 2.78. The van der Waals surface area contributed by atoms with Crippen molar-refractivity contribution in [3.63, 3.8) is 0 Å². The highest BCUT2D eigenvalue weighted by molar-refractivity contribution is 6.01. The summed E-state index contributed by atoms with van der Waals surface area (Å²) in [6.45, 7) is 1.13. The van der Waals surface area contributed by atoms with Crippen molar-refractivity contribution in [3.05, 3.63) is 18.6 Å². The number of nitrogens with zero attached hydrogens (tertiary/aromatic N) is 4. The molecule has 1 aliphatic heterocycles. The fourth-order valence-electron chi connectivity index (χ4n) is 2.78. The van der Waals surface area contributed by atoms with Gasteiger partial charge in [-0.3, -0.25) is 9.78 Å². The van der Waals surface area contributed by atoms with E-state index in [-0.39, 0.29) is 6.42 Å². The van der Waals surface area contributed by atoms with Crippen molar-refractivity contribution < 1.29 is 9.59 Å². The van der Waals surface area contributed by atoms with Crippen LogP contribution in [0.4, 0.5) is 5.82 Å². The minimum atomic E-state index is -1.55. The Morgan fingerprint density at radius 3 is 3.04 bits per heavy atom. The van der Waals surface area contributed by atoms with Gasteiger partial charge in [-0.2, -0.15) is 5.26 Å². The molecule has 1 aromatic rings. The van der Waals surface area contributed by atoms with Crippen LogP contribution in [0.25, 0.3) is 0 Å². The van der Waals surface area contributed by atoms with Gasteiger partial charge >= 0.3 is 0 Å². The molecule has 1 saturated heterocycles. The monoisotopic (exact) mass is 330 g/mol. The van der Waals surface area contributed by atoms with Gasteiger partial charge in [0.05, 0.1) is 12.3 Å². The molecule has 8 nitrogen and oxygen atoms in total. The van der Waals surface area contributed by atoms with Gasteiger partial charge in [0.1, 0.15) is 18.1 Å². The molecule has 1 fully saturated rings. The number of likely N-dealkylation sites (tertiary alicyclic amines) is 1. The maximum absolute atomic E-state index is 12.5. The summed E-state index contributed by atoms with van der Waals surface area (Å²) in [5, 5.41) is 12.2. The van der Waals surface area contributed by atoms with Crippen LogP contribution in [0, 0.1) is 11.3 Å². The molecule has 1 aromatic heterocycles. The molecule has 8 heteroatoms. The second-order valence-corrected chi connectivity index (χ2v) is 5.92. The van der Waals surface area contributed by atoms with E-state index in [0.717, 1.165) is 12.8 Å². The summed E-state index contributed by atoms with van der Waals surface area (Å²) < 4.78 is 0. The first kappa shape index (κ1) is 17.8. The highest BCUT2D eigenvalue weighted by Gasteiger charge is 2.41. The summed E-state index contributed by atoms with van der Waals surface area (Å²) in [6.07, 6.45) is 8.33. The SMILES string of the molecule is N#C[C@@H]1CCCN1C(=O)[C@](N)(C=O)CCCCNc1cnccn1. The molecular weight excluding hydrogens is 308 g/mol. The Labute approximate surface area is 141 Å². The minimum Gasteiger partial charge on any atom is -0.369 e. The molecule has 0 aromatic carbocycles. The molecular formula is C16H22N6O2. The van der Waals surface area contributed by atoms with Crippen LogP contribution in [0.3, 0.4) is 0 Å².